The quantitative estimate of drug-likeness (QED) is 0.643. The van der Waals surface area contributed by atoms with Gasteiger partial charge in [0.1, 0.15) is 0 Å². The number of rotatable bonds is 5. The summed E-state index contributed by atoms with van der Waals surface area (Å²) in [6.07, 6.45) is 0.759. The zero-order valence-electron chi connectivity index (χ0n) is 7.89. The summed E-state index contributed by atoms with van der Waals surface area (Å²) in [5.41, 5.74) is 1.27. The van der Waals surface area contributed by atoms with Crippen LogP contribution in [0.25, 0.3) is 0 Å². The van der Waals surface area contributed by atoms with Crippen LogP contribution in [0.2, 0.25) is 0 Å². The zero-order chi connectivity index (χ0) is 9.56. The first-order chi connectivity index (χ1) is 5.63. The third-order valence-corrected chi connectivity index (χ3v) is 1.75. The minimum atomic E-state index is -0.872. The number of carbonyl (C=O) groups is 1. The van der Waals surface area contributed by atoms with Crippen LogP contribution in [0.15, 0.2) is 11.1 Å². The number of ether oxygens (including phenoxy) is 1. The number of hydrogen-bond acceptors (Lipinski definition) is 2. The molecule has 0 radical (unpaired) electrons. The van der Waals surface area contributed by atoms with Crippen LogP contribution in [0.4, 0.5) is 0 Å². The molecule has 12 heavy (non-hydrogen) atoms. The van der Waals surface area contributed by atoms with E-state index >= 15 is 0 Å². The van der Waals surface area contributed by atoms with E-state index in [1.807, 2.05) is 20.8 Å². The number of hydrogen-bond donors (Lipinski definition) is 1. The molecule has 0 heterocycles. The van der Waals surface area contributed by atoms with Crippen LogP contribution >= 0.6 is 0 Å². The Bertz CT molecular complexity index is 182. The summed E-state index contributed by atoms with van der Waals surface area (Å²) in [5.74, 6) is -0.872. The highest BCUT2D eigenvalue weighted by Crippen LogP contribution is 2.08. The Hall–Kier alpha value is -0.830. The maximum absolute atomic E-state index is 10.7. The molecule has 0 amide bonds. The van der Waals surface area contributed by atoms with Gasteiger partial charge in [0, 0.05) is 6.61 Å². The van der Waals surface area contributed by atoms with Gasteiger partial charge in [-0.3, -0.25) is 0 Å². The van der Waals surface area contributed by atoms with Gasteiger partial charge in [-0.1, -0.05) is 12.5 Å². The Balaban J connectivity index is 4.33. The number of aliphatic carboxylic acids is 1. The summed E-state index contributed by atoms with van der Waals surface area (Å²) in [6, 6.07) is 0. The standard InChI is InChI=1S/C9H16O3/c1-4-7(3)8(9(10)11)6-12-5-2/h4-6H2,1-3H3,(H,10,11)/b8-7-. The minimum Gasteiger partial charge on any atom is -0.478 e. The van der Waals surface area contributed by atoms with E-state index < -0.39 is 5.97 Å². The Kier molecular flexibility index (Phi) is 5.37. The largest absolute Gasteiger partial charge is 0.478 e. The van der Waals surface area contributed by atoms with Crippen molar-refractivity contribution in [1.29, 1.82) is 0 Å². The fourth-order valence-electron chi connectivity index (χ4n) is 0.785. The van der Waals surface area contributed by atoms with Crippen molar-refractivity contribution in [2.75, 3.05) is 13.2 Å². The first-order valence-electron chi connectivity index (χ1n) is 4.13. The Morgan fingerprint density at radius 1 is 1.42 bits per heavy atom. The Morgan fingerprint density at radius 3 is 2.33 bits per heavy atom. The average Bonchev–Trinajstić information content (AvgIpc) is 2.04. The molecule has 0 aliphatic carbocycles. The molecule has 70 valence electrons. The molecule has 0 aromatic heterocycles. The molecule has 0 fully saturated rings. The van der Waals surface area contributed by atoms with Gasteiger partial charge in [0.15, 0.2) is 0 Å². The smallest absolute Gasteiger partial charge is 0.333 e. The summed E-state index contributed by atoms with van der Waals surface area (Å²) < 4.78 is 5.04. The van der Waals surface area contributed by atoms with Gasteiger partial charge >= 0.3 is 5.97 Å². The highest BCUT2D eigenvalue weighted by Gasteiger charge is 2.09. The lowest BCUT2D eigenvalue weighted by molar-refractivity contribution is -0.133. The molecule has 0 saturated heterocycles. The van der Waals surface area contributed by atoms with Crippen LogP contribution in [0.5, 0.6) is 0 Å². The van der Waals surface area contributed by atoms with E-state index in [0.717, 1.165) is 12.0 Å². The molecule has 0 aromatic carbocycles. The van der Waals surface area contributed by atoms with Crippen molar-refractivity contribution in [3.63, 3.8) is 0 Å². The third-order valence-electron chi connectivity index (χ3n) is 1.75. The van der Waals surface area contributed by atoms with Gasteiger partial charge < -0.3 is 9.84 Å². The highest BCUT2D eigenvalue weighted by atomic mass is 16.5. The summed E-state index contributed by atoms with van der Waals surface area (Å²) in [4.78, 5) is 10.7. The first kappa shape index (κ1) is 11.2. The Morgan fingerprint density at radius 2 is 2.00 bits per heavy atom. The SMILES string of the molecule is CCOC/C(C(=O)O)=C(\C)CC. The van der Waals surface area contributed by atoms with E-state index in [1.54, 1.807) is 0 Å². The molecule has 0 aliphatic heterocycles. The lowest BCUT2D eigenvalue weighted by atomic mass is 10.1. The second-order valence-corrected chi connectivity index (χ2v) is 2.55. The summed E-state index contributed by atoms with van der Waals surface area (Å²) in [6.45, 7) is 6.37. The van der Waals surface area contributed by atoms with Crippen LogP contribution in [0.1, 0.15) is 27.2 Å². The van der Waals surface area contributed by atoms with Crippen LogP contribution in [0.3, 0.4) is 0 Å². The van der Waals surface area contributed by atoms with Crippen molar-refractivity contribution in [1.82, 2.24) is 0 Å². The van der Waals surface area contributed by atoms with Gasteiger partial charge in [-0.25, -0.2) is 4.79 Å². The van der Waals surface area contributed by atoms with Crippen molar-refractivity contribution in [3.05, 3.63) is 11.1 Å². The van der Waals surface area contributed by atoms with E-state index in [0.29, 0.717) is 12.2 Å². The highest BCUT2D eigenvalue weighted by molar-refractivity contribution is 5.87. The summed E-state index contributed by atoms with van der Waals surface area (Å²) in [5, 5.41) is 8.76. The fraction of sp³-hybridized carbons (Fsp3) is 0.667. The maximum Gasteiger partial charge on any atom is 0.333 e. The Labute approximate surface area is 73.0 Å². The van der Waals surface area contributed by atoms with E-state index in [-0.39, 0.29) is 6.61 Å². The normalized spacial score (nSPS) is 12.6. The maximum atomic E-state index is 10.7. The van der Waals surface area contributed by atoms with Crippen molar-refractivity contribution in [3.8, 4) is 0 Å². The van der Waals surface area contributed by atoms with Gasteiger partial charge in [0.2, 0.25) is 0 Å². The molecule has 0 bridgehead atoms. The van der Waals surface area contributed by atoms with Crippen LogP contribution in [-0.2, 0) is 9.53 Å². The first-order valence-corrected chi connectivity index (χ1v) is 4.13. The van der Waals surface area contributed by atoms with Gasteiger partial charge in [0.05, 0.1) is 12.2 Å². The summed E-state index contributed by atoms with van der Waals surface area (Å²) in [7, 11) is 0. The van der Waals surface area contributed by atoms with Gasteiger partial charge in [-0.15, -0.1) is 0 Å². The fourth-order valence-corrected chi connectivity index (χ4v) is 0.785. The van der Waals surface area contributed by atoms with Crippen LogP contribution in [0, 0.1) is 0 Å². The lowest BCUT2D eigenvalue weighted by Gasteiger charge is -2.05. The second-order valence-electron chi connectivity index (χ2n) is 2.55. The van der Waals surface area contributed by atoms with Crippen molar-refractivity contribution >= 4 is 5.97 Å². The van der Waals surface area contributed by atoms with E-state index in [1.165, 1.54) is 0 Å². The van der Waals surface area contributed by atoms with E-state index in [4.69, 9.17) is 9.84 Å². The van der Waals surface area contributed by atoms with Crippen molar-refractivity contribution < 1.29 is 14.6 Å². The molecule has 0 aliphatic rings. The number of allylic oxidation sites excluding steroid dienone is 1. The van der Waals surface area contributed by atoms with Gasteiger partial charge in [-0.05, 0) is 20.3 Å². The van der Waals surface area contributed by atoms with Crippen LogP contribution in [-0.4, -0.2) is 24.3 Å². The average molecular weight is 172 g/mol. The zero-order valence-corrected chi connectivity index (χ0v) is 7.89. The second kappa shape index (κ2) is 5.77. The lowest BCUT2D eigenvalue weighted by Crippen LogP contribution is -2.10. The predicted molar refractivity (Wildman–Crippen MR) is 47.1 cm³/mol. The van der Waals surface area contributed by atoms with Crippen LogP contribution < -0.4 is 0 Å². The molecular formula is C9H16O3. The molecule has 3 nitrogen and oxygen atoms in total. The molecular weight excluding hydrogens is 156 g/mol. The molecule has 1 N–H and O–H groups in total. The van der Waals surface area contributed by atoms with Crippen molar-refractivity contribution in [2.45, 2.75) is 27.2 Å². The summed E-state index contributed by atoms with van der Waals surface area (Å²) >= 11 is 0. The molecule has 0 rings (SSSR count). The molecule has 3 heteroatoms. The van der Waals surface area contributed by atoms with E-state index in [9.17, 15) is 4.79 Å². The molecule has 0 atom stereocenters. The third kappa shape index (κ3) is 3.53. The molecule has 0 aromatic rings. The predicted octanol–water partition coefficient (Wildman–Crippen LogP) is 1.83. The topological polar surface area (TPSA) is 46.5 Å². The molecule has 0 saturated carbocycles. The van der Waals surface area contributed by atoms with Crippen molar-refractivity contribution in [2.24, 2.45) is 0 Å². The number of carboxylic acids is 1. The molecule has 0 unspecified atom stereocenters. The van der Waals surface area contributed by atoms with Gasteiger partial charge in [0.25, 0.3) is 0 Å². The van der Waals surface area contributed by atoms with E-state index in [2.05, 4.69) is 0 Å². The van der Waals surface area contributed by atoms with Gasteiger partial charge in [-0.2, -0.15) is 0 Å². The monoisotopic (exact) mass is 172 g/mol. The number of carboxylic acid groups (broad SMARTS) is 1. The minimum absolute atomic E-state index is 0.214. The molecule has 0 spiro atoms.